The van der Waals surface area contributed by atoms with Crippen LogP contribution in [0.3, 0.4) is 0 Å². The molecular formula is C16H36Al-. The molecule has 0 aromatic rings. The SMILES string of the molecule is [Al+3].[CH2-]C(C)C.[CH2-]C(C)C.[CH2-]C(C)C.[CH2-]CCC. The summed E-state index contributed by atoms with van der Waals surface area (Å²) in [5.74, 6) is 1.75. The minimum atomic E-state index is 0. The monoisotopic (exact) mass is 255 g/mol. The van der Waals surface area contributed by atoms with E-state index in [9.17, 15) is 0 Å². The molecule has 0 spiro atoms. The molecule has 0 fully saturated rings. The molecule has 0 saturated heterocycles. The fraction of sp³-hybridized carbons (Fsp3) is 0.750. The maximum Gasteiger partial charge on any atom is 3.00 e. The van der Waals surface area contributed by atoms with E-state index in [0.29, 0.717) is 17.8 Å². The molecule has 0 unspecified atom stereocenters. The molecule has 0 bridgehead atoms. The van der Waals surface area contributed by atoms with Crippen molar-refractivity contribution in [3.05, 3.63) is 27.7 Å². The van der Waals surface area contributed by atoms with Crippen molar-refractivity contribution < 1.29 is 0 Å². The van der Waals surface area contributed by atoms with Crippen molar-refractivity contribution in [1.82, 2.24) is 0 Å². The molecule has 0 amide bonds. The molecule has 17 heavy (non-hydrogen) atoms. The van der Waals surface area contributed by atoms with Crippen LogP contribution in [0.2, 0.25) is 0 Å². The summed E-state index contributed by atoms with van der Waals surface area (Å²) < 4.78 is 0. The van der Waals surface area contributed by atoms with Crippen molar-refractivity contribution in [2.75, 3.05) is 0 Å². The molecule has 0 radical (unpaired) electrons. The molecule has 0 heterocycles. The fourth-order valence-electron chi connectivity index (χ4n) is 0. The third-order valence-corrected chi connectivity index (χ3v) is 0.354. The summed E-state index contributed by atoms with van der Waals surface area (Å²) in [5.41, 5.74) is 0. The van der Waals surface area contributed by atoms with Gasteiger partial charge in [-0.2, -0.15) is 24.2 Å². The molecule has 0 atom stereocenters. The molecule has 0 saturated carbocycles. The van der Waals surface area contributed by atoms with Gasteiger partial charge in [-0.15, -0.1) is 0 Å². The van der Waals surface area contributed by atoms with Crippen LogP contribution in [-0.2, 0) is 0 Å². The Hall–Kier alpha value is 0.532. The van der Waals surface area contributed by atoms with Gasteiger partial charge in [0, 0.05) is 0 Å². The first-order valence-corrected chi connectivity index (χ1v) is 6.40. The molecule has 1 heteroatoms. The maximum absolute atomic E-state index is 3.64. The Morgan fingerprint density at radius 2 is 0.765 bits per heavy atom. The topological polar surface area (TPSA) is 0 Å². The van der Waals surface area contributed by atoms with Crippen molar-refractivity contribution in [3.8, 4) is 0 Å². The average molecular weight is 255 g/mol. The predicted octanol–water partition coefficient (Wildman–Crippen LogP) is 5.67. The van der Waals surface area contributed by atoms with Crippen LogP contribution in [0.25, 0.3) is 0 Å². The van der Waals surface area contributed by atoms with Crippen LogP contribution in [0.5, 0.6) is 0 Å². The van der Waals surface area contributed by atoms with Crippen molar-refractivity contribution in [3.63, 3.8) is 0 Å². The number of hydrogen-bond donors (Lipinski definition) is 0. The fourth-order valence-corrected chi connectivity index (χ4v) is 0. The second-order valence-electron chi connectivity index (χ2n) is 5.04. The molecular weight excluding hydrogens is 219 g/mol. The summed E-state index contributed by atoms with van der Waals surface area (Å²) in [4.78, 5) is 0. The van der Waals surface area contributed by atoms with Gasteiger partial charge >= 0.3 is 17.4 Å². The van der Waals surface area contributed by atoms with E-state index in [0.717, 1.165) is 6.42 Å². The zero-order valence-corrected chi connectivity index (χ0v) is 14.7. The normalized spacial score (nSPS) is 8.12. The number of unbranched alkanes of at least 4 members (excludes halogenated alkanes) is 1. The number of hydrogen-bond acceptors (Lipinski definition) is 0. The van der Waals surface area contributed by atoms with Crippen LogP contribution in [-0.4, -0.2) is 17.4 Å². The van der Waals surface area contributed by atoms with Gasteiger partial charge in [0.2, 0.25) is 0 Å². The standard InChI is InChI=1S/4C4H9.Al/c3*1-4(2)3;1-3-4-2;/h3*4H,1H2,2-3H3;1,3-4H2,2H3;/q4*-1;+3. The third-order valence-electron chi connectivity index (χ3n) is 0.354. The van der Waals surface area contributed by atoms with Crippen molar-refractivity contribution >= 4 is 17.4 Å². The first-order valence-electron chi connectivity index (χ1n) is 6.40. The Labute approximate surface area is 124 Å². The summed E-state index contributed by atoms with van der Waals surface area (Å²) in [5, 5.41) is 0. The van der Waals surface area contributed by atoms with Crippen LogP contribution in [0, 0.1) is 45.4 Å². The molecule has 0 nitrogen and oxygen atoms in total. The van der Waals surface area contributed by atoms with Crippen LogP contribution < -0.4 is 0 Å². The van der Waals surface area contributed by atoms with Crippen LogP contribution in [0.4, 0.5) is 0 Å². The van der Waals surface area contributed by atoms with Crippen molar-refractivity contribution in [2.24, 2.45) is 17.8 Å². The van der Waals surface area contributed by atoms with E-state index in [1.54, 1.807) is 0 Å². The Bertz CT molecular complexity index is 51.1. The van der Waals surface area contributed by atoms with Crippen molar-refractivity contribution in [2.45, 2.75) is 61.3 Å². The first kappa shape index (κ1) is 30.5. The number of rotatable bonds is 1. The van der Waals surface area contributed by atoms with Gasteiger partial charge in [-0.25, -0.2) is 0 Å². The largest absolute Gasteiger partial charge is 3.00 e. The van der Waals surface area contributed by atoms with E-state index in [4.69, 9.17) is 0 Å². The zero-order chi connectivity index (χ0) is 14.1. The first-order chi connectivity index (χ1) is 7.11. The molecule has 104 valence electrons. The molecule has 0 aromatic carbocycles. The van der Waals surface area contributed by atoms with Gasteiger partial charge in [-0.05, 0) is 0 Å². The molecule has 0 aliphatic carbocycles. The predicted molar refractivity (Wildman–Crippen MR) is 86.6 cm³/mol. The quantitative estimate of drug-likeness (QED) is 0.418. The maximum atomic E-state index is 3.64. The van der Waals surface area contributed by atoms with E-state index < -0.39 is 0 Å². The molecule has 0 N–H and O–H groups in total. The molecule has 0 aliphatic rings. The Kier molecular flexibility index (Phi) is 53.8. The zero-order valence-electron chi connectivity index (χ0n) is 13.6. The average Bonchev–Trinajstić information content (AvgIpc) is 2.00. The molecule has 0 rings (SSSR count). The minimum absolute atomic E-state index is 0. The Balaban J connectivity index is -0.0000000369. The van der Waals surface area contributed by atoms with Crippen molar-refractivity contribution in [1.29, 1.82) is 0 Å². The molecule has 0 aromatic heterocycles. The second-order valence-corrected chi connectivity index (χ2v) is 5.04. The second kappa shape index (κ2) is 30.0. The van der Waals surface area contributed by atoms with E-state index in [-0.39, 0.29) is 17.4 Å². The van der Waals surface area contributed by atoms with Crippen LogP contribution in [0.15, 0.2) is 0 Å². The summed E-state index contributed by atoms with van der Waals surface area (Å²) in [7, 11) is 0. The summed E-state index contributed by atoms with van der Waals surface area (Å²) in [6.45, 7) is 29.0. The molecule has 0 aliphatic heterocycles. The summed E-state index contributed by atoms with van der Waals surface area (Å²) in [6, 6.07) is 0. The minimum Gasteiger partial charge on any atom is -0.343 e. The van der Waals surface area contributed by atoms with E-state index in [1.165, 1.54) is 6.42 Å². The van der Waals surface area contributed by atoms with Crippen LogP contribution >= 0.6 is 0 Å². The third kappa shape index (κ3) is 1490. The van der Waals surface area contributed by atoms with E-state index >= 15 is 0 Å². The summed E-state index contributed by atoms with van der Waals surface area (Å²) >= 11 is 0. The van der Waals surface area contributed by atoms with Gasteiger partial charge in [0.25, 0.3) is 0 Å². The van der Waals surface area contributed by atoms with Gasteiger partial charge in [-0.3, -0.25) is 0 Å². The van der Waals surface area contributed by atoms with Crippen LogP contribution in [0.1, 0.15) is 61.3 Å². The van der Waals surface area contributed by atoms with Gasteiger partial charge < -0.3 is 27.7 Å². The Morgan fingerprint density at radius 3 is 0.765 bits per heavy atom. The van der Waals surface area contributed by atoms with E-state index in [1.807, 2.05) is 0 Å². The van der Waals surface area contributed by atoms with Gasteiger partial charge in [0.15, 0.2) is 0 Å². The smallest absolute Gasteiger partial charge is 0.343 e. The van der Waals surface area contributed by atoms with Gasteiger partial charge in [0.1, 0.15) is 0 Å². The Morgan fingerprint density at radius 1 is 0.706 bits per heavy atom. The summed E-state index contributed by atoms with van der Waals surface area (Å²) in [6.07, 6.45) is 2.28. The van der Waals surface area contributed by atoms with E-state index in [2.05, 4.69) is 76.2 Å². The van der Waals surface area contributed by atoms with Gasteiger partial charge in [0.05, 0.1) is 0 Å². The van der Waals surface area contributed by atoms with Gasteiger partial charge in [-0.1, -0.05) is 54.9 Å².